The van der Waals surface area contributed by atoms with Gasteiger partial charge in [-0.05, 0) is 62.2 Å². The Balaban J connectivity index is 1.95. The minimum absolute atomic E-state index is 0.00560. The molecule has 2 heterocycles. The number of aliphatic carboxylic acids is 1. The van der Waals surface area contributed by atoms with Crippen LogP contribution in [-0.4, -0.2) is 41.2 Å². The number of likely N-dealkylation sites (tertiary alicyclic amines) is 1. The van der Waals surface area contributed by atoms with Crippen LogP contribution in [0, 0.1) is 12.8 Å². The second-order valence-corrected chi connectivity index (χ2v) is 6.53. The zero-order valence-corrected chi connectivity index (χ0v) is 14.7. The van der Waals surface area contributed by atoms with Crippen molar-refractivity contribution in [1.82, 2.24) is 9.88 Å². The van der Waals surface area contributed by atoms with Crippen LogP contribution < -0.4 is 4.74 Å². The number of carbonyl (C=O) groups is 1. The number of hydrogen-bond donors (Lipinski definition) is 1. The Labute approximate surface area is 148 Å². The van der Waals surface area contributed by atoms with Gasteiger partial charge in [0.25, 0.3) is 0 Å². The molecular formula is C20H24N2O3. The number of nitrogens with zero attached hydrogens (tertiary/aromatic N) is 2. The minimum atomic E-state index is -0.688. The van der Waals surface area contributed by atoms with Crippen molar-refractivity contribution in [2.24, 2.45) is 5.92 Å². The van der Waals surface area contributed by atoms with Crippen LogP contribution in [0.2, 0.25) is 0 Å². The van der Waals surface area contributed by atoms with Crippen molar-refractivity contribution in [2.45, 2.75) is 25.8 Å². The van der Waals surface area contributed by atoms with E-state index >= 15 is 0 Å². The van der Waals surface area contributed by atoms with Gasteiger partial charge in [0.15, 0.2) is 0 Å². The highest BCUT2D eigenvalue weighted by Crippen LogP contribution is 2.34. The van der Waals surface area contributed by atoms with Crippen LogP contribution in [0.5, 0.6) is 5.75 Å². The average Bonchev–Trinajstić information content (AvgIpc) is 2.64. The van der Waals surface area contributed by atoms with Crippen molar-refractivity contribution < 1.29 is 14.6 Å². The second kappa shape index (κ2) is 7.66. The third kappa shape index (κ3) is 3.82. The highest BCUT2D eigenvalue weighted by molar-refractivity contribution is 5.70. The summed E-state index contributed by atoms with van der Waals surface area (Å²) in [7, 11) is 1.67. The number of pyridine rings is 1. The molecule has 5 heteroatoms. The van der Waals surface area contributed by atoms with Crippen LogP contribution in [0.4, 0.5) is 0 Å². The SMILES string of the molecule is COc1cccc(C(c2ncccc2C)N2CCC(C(=O)O)CC2)c1. The molecule has 1 unspecified atom stereocenters. The lowest BCUT2D eigenvalue weighted by Crippen LogP contribution is -2.39. The molecule has 0 amide bonds. The molecule has 3 rings (SSSR count). The first kappa shape index (κ1) is 17.4. The maximum Gasteiger partial charge on any atom is 0.306 e. The molecule has 1 aromatic carbocycles. The monoisotopic (exact) mass is 340 g/mol. The van der Waals surface area contributed by atoms with Crippen LogP contribution in [0.25, 0.3) is 0 Å². The van der Waals surface area contributed by atoms with Crippen LogP contribution in [-0.2, 0) is 4.79 Å². The van der Waals surface area contributed by atoms with E-state index in [4.69, 9.17) is 4.74 Å². The van der Waals surface area contributed by atoms with Crippen molar-refractivity contribution >= 4 is 5.97 Å². The zero-order chi connectivity index (χ0) is 17.8. The van der Waals surface area contributed by atoms with Crippen molar-refractivity contribution in [3.63, 3.8) is 0 Å². The number of benzene rings is 1. The Hall–Kier alpha value is -2.40. The summed E-state index contributed by atoms with van der Waals surface area (Å²) in [5, 5.41) is 9.26. The highest BCUT2D eigenvalue weighted by atomic mass is 16.5. The molecule has 132 valence electrons. The number of rotatable bonds is 5. The van der Waals surface area contributed by atoms with Gasteiger partial charge in [0.1, 0.15) is 5.75 Å². The number of carboxylic acids is 1. The summed E-state index contributed by atoms with van der Waals surface area (Å²) in [5.74, 6) is -0.116. The molecule has 1 N–H and O–H groups in total. The van der Waals surface area contributed by atoms with E-state index in [1.165, 1.54) is 0 Å². The van der Waals surface area contributed by atoms with E-state index in [2.05, 4.69) is 28.9 Å². The topological polar surface area (TPSA) is 62.7 Å². The summed E-state index contributed by atoms with van der Waals surface area (Å²) in [6.45, 7) is 3.56. The number of aromatic nitrogens is 1. The largest absolute Gasteiger partial charge is 0.497 e. The Morgan fingerprint density at radius 2 is 2.04 bits per heavy atom. The average molecular weight is 340 g/mol. The van der Waals surface area contributed by atoms with Crippen LogP contribution >= 0.6 is 0 Å². The summed E-state index contributed by atoms with van der Waals surface area (Å²) in [6, 6.07) is 12.1. The molecule has 1 aromatic heterocycles. The Bertz CT molecular complexity index is 739. The van der Waals surface area contributed by atoms with Gasteiger partial charge in [0.05, 0.1) is 24.8 Å². The molecule has 2 aromatic rings. The predicted octanol–water partition coefficient (Wildman–Crippen LogP) is 3.28. The van der Waals surface area contributed by atoms with E-state index in [0.29, 0.717) is 12.8 Å². The standard InChI is InChI=1S/C20H24N2O3/c1-14-5-4-10-21-18(14)19(16-6-3-7-17(13-16)25-2)22-11-8-15(9-12-22)20(23)24/h3-7,10,13,15,19H,8-9,11-12H2,1-2H3,(H,23,24). The van der Waals surface area contributed by atoms with Gasteiger partial charge in [-0.25, -0.2) is 0 Å². The van der Waals surface area contributed by atoms with Crippen molar-refractivity contribution in [2.75, 3.05) is 20.2 Å². The number of carboxylic acid groups (broad SMARTS) is 1. The van der Waals surface area contributed by atoms with Crippen molar-refractivity contribution in [3.05, 3.63) is 59.4 Å². The molecule has 0 radical (unpaired) electrons. The molecular weight excluding hydrogens is 316 g/mol. The van der Waals surface area contributed by atoms with E-state index in [1.54, 1.807) is 7.11 Å². The fraction of sp³-hybridized carbons (Fsp3) is 0.400. The summed E-state index contributed by atoms with van der Waals surface area (Å²) < 4.78 is 5.39. The smallest absolute Gasteiger partial charge is 0.306 e. The van der Waals surface area contributed by atoms with Gasteiger partial charge in [-0.1, -0.05) is 18.2 Å². The van der Waals surface area contributed by atoms with Gasteiger partial charge >= 0.3 is 5.97 Å². The molecule has 0 spiro atoms. The quantitative estimate of drug-likeness (QED) is 0.905. The Kier molecular flexibility index (Phi) is 5.34. The molecule has 1 atom stereocenters. The van der Waals surface area contributed by atoms with Crippen molar-refractivity contribution in [3.8, 4) is 5.75 Å². The molecule has 1 saturated heterocycles. The lowest BCUT2D eigenvalue weighted by atomic mass is 9.92. The van der Waals surface area contributed by atoms with Gasteiger partial charge in [-0.15, -0.1) is 0 Å². The maximum atomic E-state index is 11.3. The number of hydrogen-bond acceptors (Lipinski definition) is 4. The van der Waals surface area contributed by atoms with Gasteiger partial charge in [-0.3, -0.25) is 14.7 Å². The van der Waals surface area contributed by atoms with E-state index in [1.807, 2.05) is 30.5 Å². The summed E-state index contributed by atoms with van der Waals surface area (Å²) in [4.78, 5) is 18.2. The highest BCUT2D eigenvalue weighted by Gasteiger charge is 2.31. The summed E-state index contributed by atoms with van der Waals surface area (Å²) in [5.41, 5.74) is 3.27. The first-order chi connectivity index (χ1) is 12.1. The van der Waals surface area contributed by atoms with Crippen LogP contribution in [0.15, 0.2) is 42.6 Å². The number of aryl methyl sites for hydroxylation is 1. The molecule has 1 fully saturated rings. The molecule has 25 heavy (non-hydrogen) atoms. The number of methoxy groups -OCH3 is 1. The minimum Gasteiger partial charge on any atom is -0.497 e. The molecule has 0 bridgehead atoms. The maximum absolute atomic E-state index is 11.3. The normalized spacial score (nSPS) is 17.2. The lowest BCUT2D eigenvalue weighted by Gasteiger charge is -2.37. The first-order valence-electron chi connectivity index (χ1n) is 8.62. The fourth-order valence-electron chi connectivity index (χ4n) is 3.54. The Morgan fingerprint density at radius 3 is 2.68 bits per heavy atom. The zero-order valence-electron chi connectivity index (χ0n) is 14.7. The third-order valence-electron chi connectivity index (χ3n) is 4.96. The van der Waals surface area contributed by atoms with Gasteiger partial charge < -0.3 is 9.84 Å². The number of ether oxygens (including phenoxy) is 1. The molecule has 1 aliphatic heterocycles. The molecule has 0 aliphatic carbocycles. The molecule has 0 saturated carbocycles. The van der Waals surface area contributed by atoms with E-state index in [9.17, 15) is 9.90 Å². The first-order valence-corrected chi connectivity index (χ1v) is 8.62. The van der Waals surface area contributed by atoms with Crippen LogP contribution in [0.1, 0.15) is 35.7 Å². The van der Waals surface area contributed by atoms with Gasteiger partial charge in [-0.2, -0.15) is 0 Å². The molecule has 1 aliphatic rings. The molecule has 5 nitrogen and oxygen atoms in total. The van der Waals surface area contributed by atoms with Gasteiger partial charge in [0.2, 0.25) is 0 Å². The van der Waals surface area contributed by atoms with Crippen LogP contribution in [0.3, 0.4) is 0 Å². The number of piperidine rings is 1. The van der Waals surface area contributed by atoms with Gasteiger partial charge in [0, 0.05) is 6.20 Å². The third-order valence-corrected chi connectivity index (χ3v) is 4.96. The van der Waals surface area contributed by atoms with Crippen molar-refractivity contribution in [1.29, 1.82) is 0 Å². The Morgan fingerprint density at radius 1 is 1.28 bits per heavy atom. The van der Waals surface area contributed by atoms with E-state index in [0.717, 1.165) is 35.7 Å². The predicted molar refractivity (Wildman–Crippen MR) is 95.7 cm³/mol. The second-order valence-electron chi connectivity index (χ2n) is 6.53. The lowest BCUT2D eigenvalue weighted by molar-refractivity contribution is -0.143. The summed E-state index contributed by atoms with van der Waals surface area (Å²) in [6.07, 6.45) is 3.16. The fourth-order valence-corrected chi connectivity index (χ4v) is 3.54. The van der Waals surface area contributed by atoms with E-state index < -0.39 is 5.97 Å². The van der Waals surface area contributed by atoms with E-state index in [-0.39, 0.29) is 12.0 Å². The summed E-state index contributed by atoms with van der Waals surface area (Å²) >= 11 is 0.